The van der Waals surface area contributed by atoms with Crippen LogP contribution in [0.15, 0.2) is 29.3 Å². The summed E-state index contributed by atoms with van der Waals surface area (Å²) in [5.41, 5.74) is 2.57. The number of thioether (sulfide) groups is 1. The molecule has 0 fully saturated rings. The molecule has 19 heavy (non-hydrogen) atoms. The van der Waals surface area contributed by atoms with Gasteiger partial charge in [-0.05, 0) is 31.2 Å². The van der Waals surface area contributed by atoms with Crippen molar-refractivity contribution in [3.63, 3.8) is 0 Å². The van der Waals surface area contributed by atoms with Gasteiger partial charge in [0.15, 0.2) is 5.96 Å². The van der Waals surface area contributed by atoms with Crippen LogP contribution in [-0.2, 0) is 6.54 Å². The molecule has 0 saturated heterocycles. The van der Waals surface area contributed by atoms with Gasteiger partial charge in [0.05, 0.1) is 6.54 Å². The molecule has 106 valence electrons. The van der Waals surface area contributed by atoms with Gasteiger partial charge in [-0.3, -0.25) is 0 Å². The van der Waals surface area contributed by atoms with Crippen molar-refractivity contribution in [2.45, 2.75) is 32.6 Å². The largest absolute Gasteiger partial charge is 0.357 e. The highest BCUT2D eigenvalue weighted by atomic mass is 32.2. The van der Waals surface area contributed by atoms with Gasteiger partial charge >= 0.3 is 0 Å². The predicted octanol–water partition coefficient (Wildman–Crippen LogP) is 2.80. The highest BCUT2D eigenvalue weighted by molar-refractivity contribution is 7.99. The van der Waals surface area contributed by atoms with Crippen molar-refractivity contribution in [2.24, 2.45) is 4.99 Å². The van der Waals surface area contributed by atoms with Crippen LogP contribution >= 0.6 is 11.8 Å². The molecule has 1 rings (SSSR count). The summed E-state index contributed by atoms with van der Waals surface area (Å²) in [5.74, 6) is 0.895. The van der Waals surface area contributed by atoms with Crippen LogP contribution < -0.4 is 10.6 Å². The van der Waals surface area contributed by atoms with Crippen molar-refractivity contribution >= 4 is 17.7 Å². The Morgan fingerprint density at radius 1 is 1.32 bits per heavy atom. The lowest BCUT2D eigenvalue weighted by molar-refractivity contribution is 0.795. The van der Waals surface area contributed by atoms with Gasteiger partial charge < -0.3 is 10.6 Å². The molecule has 0 saturated carbocycles. The predicted molar refractivity (Wildman–Crippen MR) is 87.0 cm³/mol. The summed E-state index contributed by atoms with van der Waals surface area (Å²) < 4.78 is 0. The molecule has 0 aliphatic carbocycles. The number of hydrogen-bond acceptors (Lipinski definition) is 2. The van der Waals surface area contributed by atoms with E-state index in [0.29, 0.717) is 5.25 Å². The summed E-state index contributed by atoms with van der Waals surface area (Å²) >= 11 is 1.86. The molecule has 0 heterocycles. The first kappa shape index (κ1) is 15.9. The van der Waals surface area contributed by atoms with E-state index in [0.717, 1.165) is 25.6 Å². The second kappa shape index (κ2) is 8.86. The van der Waals surface area contributed by atoms with Crippen LogP contribution in [0.3, 0.4) is 0 Å². The Balaban J connectivity index is 2.60. The number of guanidine groups is 1. The fraction of sp³-hybridized carbons (Fsp3) is 0.533. The van der Waals surface area contributed by atoms with Crippen LogP contribution in [0.25, 0.3) is 0 Å². The Kier molecular flexibility index (Phi) is 7.41. The third-order valence-corrected chi connectivity index (χ3v) is 3.94. The molecule has 2 N–H and O–H groups in total. The van der Waals surface area contributed by atoms with Crippen molar-refractivity contribution in [1.82, 2.24) is 10.6 Å². The van der Waals surface area contributed by atoms with E-state index in [1.165, 1.54) is 11.1 Å². The Bertz CT molecular complexity index is 404. The quantitative estimate of drug-likeness (QED) is 0.621. The third kappa shape index (κ3) is 6.01. The molecule has 1 atom stereocenters. The number of rotatable bonds is 6. The van der Waals surface area contributed by atoms with Gasteiger partial charge in [0.25, 0.3) is 0 Å². The summed E-state index contributed by atoms with van der Waals surface area (Å²) in [6.07, 6.45) is 2.13. The molecule has 0 spiro atoms. The molecule has 0 aliphatic heterocycles. The fourth-order valence-electron chi connectivity index (χ4n) is 1.62. The lowest BCUT2D eigenvalue weighted by Gasteiger charge is -2.14. The van der Waals surface area contributed by atoms with Crippen LogP contribution in [0.5, 0.6) is 0 Å². The number of hydrogen-bond donors (Lipinski definition) is 2. The first-order chi connectivity index (χ1) is 9.17. The molecule has 0 bridgehead atoms. The minimum atomic E-state index is 0.585. The minimum absolute atomic E-state index is 0.585. The molecule has 0 aliphatic rings. The van der Waals surface area contributed by atoms with E-state index in [9.17, 15) is 0 Å². The van der Waals surface area contributed by atoms with Crippen molar-refractivity contribution < 1.29 is 0 Å². The fourth-order valence-corrected chi connectivity index (χ4v) is 1.87. The zero-order chi connectivity index (χ0) is 14.1. The average Bonchev–Trinajstić information content (AvgIpc) is 2.43. The lowest BCUT2D eigenvalue weighted by Crippen LogP contribution is -2.40. The molecule has 1 unspecified atom stereocenters. The molecular formula is C15H25N3S. The topological polar surface area (TPSA) is 36.4 Å². The summed E-state index contributed by atoms with van der Waals surface area (Å²) in [6.45, 7) is 8.95. The molecule has 4 heteroatoms. The highest BCUT2D eigenvalue weighted by Crippen LogP contribution is 2.08. The summed E-state index contributed by atoms with van der Waals surface area (Å²) in [6, 6.07) is 8.38. The number of nitrogens with one attached hydrogen (secondary N) is 2. The maximum atomic E-state index is 4.64. The van der Waals surface area contributed by atoms with E-state index >= 15 is 0 Å². The monoisotopic (exact) mass is 279 g/mol. The molecule has 3 nitrogen and oxygen atoms in total. The van der Waals surface area contributed by atoms with Gasteiger partial charge in [-0.15, -0.1) is 0 Å². The Hall–Kier alpha value is -1.16. The molecule has 1 aromatic rings. The van der Waals surface area contributed by atoms with E-state index in [-0.39, 0.29) is 0 Å². The smallest absolute Gasteiger partial charge is 0.191 e. The Morgan fingerprint density at radius 2 is 2.05 bits per heavy atom. The maximum absolute atomic E-state index is 4.64. The Morgan fingerprint density at radius 3 is 2.68 bits per heavy atom. The van der Waals surface area contributed by atoms with Crippen LogP contribution in [0.2, 0.25) is 0 Å². The van der Waals surface area contributed by atoms with E-state index in [2.05, 4.69) is 66.9 Å². The van der Waals surface area contributed by atoms with Crippen LogP contribution in [0.1, 0.15) is 25.0 Å². The van der Waals surface area contributed by atoms with Gasteiger partial charge in [-0.2, -0.15) is 11.8 Å². The number of aryl methyl sites for hydroxylation is 1. The first-order valence-corrected chi connectivity index (χ1v) is 8.05. The van der Waals surface area contributed by atoms with E-state index in [1.807, 2.05) is 11.8 Å². The lowest BCUT2D eigenvalue weighted by atomic mass is 10.1. The third-order valence-electron chi connectivity index (χ3n) is 2.97. The van der Waals surface area contributed by atoms with Gasteiger partial charge in [-0.25, -0.2) is 4.99 Å². The average molecular weight is 279 g/mol. The van der Waals surface area contributed by atoms with Gasteiger partial charge in [-0.1, -0.05) is 31.2 Å². The summed E-state index contributed by atoms with van der Waals surface area (Å²) in [7, 11) is 0. The van der Waals surface area contributed by atoms with Crippen molar-refractivity contribution in [3.8, 4) is 0 Å². The second-order valence-electron chi connectivity index (χ2n) is 4.55. The zero-order valence-corrected chi connectivity index (χ0v) is 13.2. The number of nitrogens with zero attached hydrogens (tertiary/aromatic N) is 1. The molecular weight excluding hydrogens is 254 g/mol. The maximum Gasteiger partial charge on any atom is 0.191 e. The van der Waals surface area contributed by atoms with Crippen molar-refractivity contribution in [3.05, 3.63) is 35.4 Å². The number of benzene rings is 1. The van der Waals surface area contributed by atoms with E-state index < -0.39 is 0 Å². The molecule has 0 radical (unpaired) electrons. The summed E-state index contributed by atoms with van der Waals surface area (Å²) in [4.78, 5) is 4.64. The van der Waals surface area contributed by atoms with E-state index in [4.69, 9.17) is 0 Å². The normalized spacial score (nSPS) is 13.2. The van der Waals surface area contributed by atoms with Gasteiger partial charge in [0.1, 0.15) is 0 Å². The molecule has 0 aromatic heterocycles. The van der Waals surface area contributed by atoms with Crippen molar-refractivity contribution in [2.75, 3.05) is 19.3 Å². The zero-order valence-electron chi connectivity index (χ0n) is 12.4. The highest BCUT2D eigenvalue weighted by Gasteiger charge is 2.02. The van der Waals surface area contributed by atoms with Crippen LogP contribution in [0.4, 0.5) is 0 Å². The van der Waals surface area contributed by atoms with Gasteiger partial charge in [0, 0.05) is 18.3 Å². The van der Waals surface area contributed by atoms with Crippen molar-refractivity contribution in [1.29, 1.82) is 0 Å². The summed E-state index contributed by atoms with van der Waals surface area (Å²) in [5, 5.41) is 7.25. The molecule has 1 aromatic carbocycles. The molecule has 0 amide bonds. The Labute approximate surface area is 121 Å². The first-order valence-electron chi connectivity index (χ1n) is 6.76. The minimum Gasteiger partial charge on any atom is -0.357 e. The standard InChI is InChI=1S/C15H25N3S/c1-5-16-15(17-10-13(3)19-4)18-11-14-9-7-6-8-12(14)2/h6-9,13H,5,10-11H2,1-4H3,(H2,16,17,18). The van der Waals surface area contributed by atoms with Gasteiger partial charge in [0.2, 0.25) is 0 Å². The van der Waals surface area contributed by atoms with E-state index in [1.54, 1.807) is 0 Å². The van der Waals surface area contributed by atoms with Crippen LogP contribution in [0, 0.1) is 6.92 Å². The number of aliphatic imine (C=N–C) groups is 1. The second-order valence-corrected chi connectivity index (χ2v) is 5.83. The SMILES string of the molecule is CCNC(=NCc1ccccc1C)NCC(C)SC. The van der Waals surface area contributed by atoms with Crippen LogP contribution in [-0.4, -0.2) is 30.6 Å².